The van der Waals surface area contributed by atoms with E-state index in [1.165, 1.54) is 23.0 Å². The van der Waals surface area contributed by atoms with Crippen molar-refractivity contribution >= 4 is 28.8 Å². The van der Waals surface area contributed by atoms with E-state index in [-0.39, 0.29) is 18.3 Å². The topological polar surface area (TPSA) is 32.8 Å². The largest absolute Gasteiger partial charge is 0.486 e. The molecule has 1 amide bonds. The van der Waals surface area contributed by atoms with Gasteiger partial charge >= 0.3 is 0 Å². The van der Waals surface area contributed by atoms with E-state index in [0.29, 0.717) is 18.0 Å². The second-order valence-electron chi connectivity index (χ2n) is 7.38. The second kappa shape index (κ2) is 9.77. The molecule has 0 unspecified atom stereocenters. The molecule has 0 aliphatic carbocycles. The van der Waals surface area contributed by atoms with Crippen molar-refractivity contribution in [2.45, 2.75) is 13.2 Å². The SMILES string of the molecule is O=C(c1cc(COc2ccc(F)cc2F)cs1)N1CCN(Cc2ccc(Cl)cc2)CC1. The molecule has 2 aromatic carbocycles. The van der Waals surface area contributed by atoms with Crippen molar-refractivity contribution in [3.05, 3.63) is 86.6 Å². The number of piperazine rings is 1. The van der Waals surface area contributed by atoms with E-state index in [2.05, 4.69) is 4.90 Å². The molecule has 0 radical (unpaired) electrons. The Kier molecular flexibility index (Phi) is 6.85. The van der Waals surface area contributed by atoms with Gasteiger partial charge < -0.3 is 9.64 Å². The van der Waals surface area contributed by atoms with Gasteiger partial charge in [-0.15, -0.1) is 11.3 Å². The molecule has 31 heavy (non-hydrogen) atoms. The lowest BCUT2D eigenvalue weighted by atomic mass is 10.2. The van der Waals surface area contributed by atoms with Gasteiger partial charge in [0.25, 0.3) is 5.91 Å². The van der Waals surface area contributed by atoms with Crippen LogP contribution in [-0.4, -0.2) is 41.9 Å². The summed E-state index contributed by atoms with van der Waals surface area (Å²) in [5.41, 5.74) is 1.98. The predicted octanol–water partition coefficient (Wildman–Crippen LogP) is 5.22. The van der Waals surface area contributed by atoms with Crippen LogP contribution in [0.1, 0.15) is 20.8 Å². The van der Waals surface area contributed by atoms with Gasteiger partial charge in [0, 0.05) is 49.4 Å². The van der Waals surface area contributed by atoms with Gasteiger partial charge in [0.1, 0.15) is 12.4 Å². The van der Waals surface area contributed by atoms with Gasteiger partial charge in [0.05, 0.1) is 4.88 Å². The number of benzene rings is 2. The lowest BCUT2D eigenvalue weighted by Crippen LogP contribution is -2.48. The molecule has 1 aliphatic rings. The molecule has 0 saturated carbocycles. The molecular weight excluding hydrogens is 442 g/mol. The number of ether oxygens (including phenoxy) is 1. The van der Waals surface area contributed by atoms with Crippen LogP contribution in [0.5, 0.6) is 5.75 Å². The fourth-order valence-corrected chi connectivity index (χ4v) is 4.42. The summed E-state index contributed by atoms with van der Waals surface area (Å²) < 4.78 is 32.1. The van der Waals surface area contributed by atoms with Crippen LogP contribution in [0.25, 0.3) is 0 Å². The van der Waals surface area contributed by atoms with E-state index in [1.807, 2.05) is 34.5 Å². The van der Waals surface area contributed by atoms with Gasteiger partial charge in [-0.25, -0.2) is 8.78 Å². The molecule has 1 aliphatic heterocycles. The maximum atomic E-state index is 13.7. The maximum absolute atomic E-state index is 13.7. The minimum Gasteiger partial charge on any atom is -0.486 e. The molecule has 162 valence electrons. The first-order valence-corrected chi connectivity index (χ1v) is 11.1. The van der Waals surface area contributed by atoms with Crippen LogP contribution in [-0.2, 0) is 13.2 Å². The van der Waals surface area contributed by atoms with Crippen LogP contribution in [0.3, 0.4) is 0 Å². The van der Waals surface area contributed by atoms with Crippen molar-refractivity contribution in [2.75, 3.05) is 26.2 Å². The first kappa shape index (κ1) is 21.7. The Hall–Kier alpha value is -2.48. The third-order valence-corrected chi connectivity index (χ3v) is 6.35. The van der Waals surface area contributed by atoms with E-state index < -0.39 is 11.6 Å². The average Bonchev–Trinajstić information content (AvgIpc) is 3.24. The summed E-state index contributed by atoms with van der Waals surface area (Å²) in [4.78, 5) is 17.6. The van der Waals surface area contributed by atoms with E-state index in [9.17, 15) is 13.6 Å². The number of hydrogen-bond acceptors (Lipinski definition) is 4. The normalized spacial score (nSPS) is 14.6. The number of thiophene rings is 1. The van der Waals surface area contributed by atoms with Crippen molar-refractivity contribution in [3.63, 3.8) is 0 Å². The van der Waals surface area contributed by atoms with Crippen molar-refractivity contribution in [2.24, 2.45) is 0 Å². The third-order valence-electron chi connectivity index (χ3n) is 5.13. The summed E-state index contributed by atoms with van der Waals surface area (Å²) in [5, 5.41) is 2.55. The Morgan fingerprint density at radius 3 is 2.45 bits per heavy atom. The van der Waals surface area contributed by atoms with Crippen LogP contribution >= 0.6 is 22.9 Å². The lowest BCUT2D eigenvalue weighted by molar-refractivity contribution is 0.0633. The highest BCUT2D eigenvalue weighted by molar-refractivity contribution is 7.12. The lowest BCUT2D eigenvalue weighted by Gasteiger charge is -2.34. The molecule has 4 nitrogen and oxygen atoms in total. The Morgan fingerprint density at radius 1 is 1.00 bits per heavy atom. The van der Waals surface area contributed by atoms with Crippen LogP contribution < -0.4 is 4.74 Å². The van der Waals surface area contributed by atoms with Crippen LogP contribution in [0, 0.1) is 11.6 Å². The predicted molar refractivity (Wildman–Crippen MR) is 118 cm³/mol. The first-order valence-electron chi connectivity index (χ1n) is 9.89. The molecule has 2 heterocycles. The highest BCUT2D eigenvalue weighted by Gasteiger charge is 2.23. The second-order valence-corrected chi connectivity index (χ2v) is 8.73. The van der Waals surface area contributed by atoms with Gasteiger partial charge in [0.2, 0.25) is 0 Å². The smallest absolute Gasteiger partial charge is 0.264 e. The molecule has 1 saturated heterocycles. The van der Waals surface area contributed by atoms with Gasteiger partial charge in [-0.05, 0) is 41.3 Å². The molecular formula is C23H21ClF2N2O2S. The molecule has 8 heteroatoms. The van der Waals surface area contributed by atoms with E-state index in [0.717, 1.165) is 42.4 Å². The van der Waals surface area contributed by atoms with Crippen LogP contribution in [0.2, 0.25) is 5.02 Å². The first-order chi connectivity index (χ1) is 15.0. The zero-order valence-electron chi connectivity index (χ0n) is 16.7. The number of amides is 1. The summed E-state index contributed by atoms with van der Waals surface area (Å²) in [6, 6.07) is 12.8. The van der Waals surface area contributed by atoms with E-state index in [1.54, 1.807) is 6.07 Å². The summed E-state index contributed by atoms with van der Waals surface area (Å²) >= 11 is 7.28. The minimum atomic E-state index is -0.747. The molecule has 0 atom stereocenters. The average molecular weight is 463 g/mol. The Bertz CT molecular complexity index is 1050. The number of rotatable bonds is 6. The third kappa shape index (κ3) is 5.61. The van der Waals surface area contributed by atoms with Crippen molar-refractivity contribution in [3.8, 4) is 5.75 Å². The molecule has 1 aromatic heterocycles. The van der Waals surface area contributed by atoms with E-state index >= 15 is 0 Å². The minimum absolute atomic E-state index is 0.00430. The quantitative estimate of drug-likeness (QED) is 0.503. The number of nitrogens with zero attached hydrogens (tertiary/aromatic N) is 2. The van der Waals surface area contributed by atoms with Crippen molar-refractivity contribution in [1.29, 1.82) is 0 Å². The van der Waals surface area contributed by atoms with Gasteiger partial charge in [0.15, 0.2) is 11.6 Å². The number of carbonyl (C=O) groups is 1. The number of carbonyl (C=O) groups excluding carboxylic acids is 1. The fraction of sp³-hybridized carbons (Fsp3) is 0.261. The molecule has 4 rings (SSSR count). The summed E-state index contributed by atoms with van der Waals surface area (Å²) in [7, 11) is 0. The summed E-state index contributed by atoms with van der Waals surface area (Å²) in [6.07, 6.45) is 0. The highest BCUT2D eigenvalue weighted by atomic mass is 35.5. The monoisotopic (exact) mass is 462 g/mol. The molecule has 0 N–H and O–H groups in total. The summed E-state index contributed by atoms with van der Waals surface area (Å²) in [6.45, 7) is 3.88. The molecule has 1 fully saturated rings. The van der Waals surface area contributed by atoms with E-state index in [4.69, 9.17) is 16.3 Å². The zero-order chi connectivity index (χ0) is 21.8. The highest BCUT2D eigenvalue weighted by Crippen LogP contribution is 2.22. The number of halogens is 3. The number of hydrogen-bond donors (Lipinski definition) is 0. The Labute approximate surface area is 188 Å². The molecule has 0 spiro atoms. The van der Waals surface area contributed by atoms with Crippen LogP contribution in [0.15, 0.2) is 53.9 Å². The van der Waals surface area contributed by atoms with Crippen molar-refractivity contribution < 1.29 is 18.3 Å². The fourth-order valence-electron chi connectivity index (χ4n) is 3.43. The Morgan fingerprint density at radius 2 is 1.74 bits per heavy atom. The standard InChI is InChI=1S/C23H21ClF2N2O2S/c24-18-3-1-16(2-4-18)13-27-7-9-28(10-8-27)23(29)22-11-17(15-31-22)14-30-21-6-5-19(25)12-20(21)26/h1-6,11-12,15H,7-10,13-14H2. The Balaban J connectivity index is 1.28. The van der Waals surface area contributed by atoms with Gasteiger partial charge in [-0.3, -0.25) is 9.69 Å². The summed E-state index contributed by atoms with van der Waals surface area (Å²) in [5.74, 6) is -1.42. The van der Waals surface area contributed by atoms with Crippen LogP contribution in [0.4, 0.5) is 8.78 Å². The molecule has 3 aromatic rings. The molecule has 0 bridgehead atoms. The van der Waals surface area contributed by atoms with Gasteiger partial charge in [-0.2, -0.15) is 0 Å². The van der Waals surface area contributed by atoms with Crippen molar-refractivity contribution in [1.82, 2.24) is 9.80 Å². The maximum Gasteiger partial charge on any atom is 0.264 e. The van der Waals surface area contributed by atoms with Gasteiger partial charge in [-0.1, -0.05) is 23.7 Å². The zero-order valence-corrected chi connectivity index (χ0v) is 18.3.